The molecule has 0 unspecified atom stereocenters. The summed E-state index contributed by atoms with van der Waals surface area (Å²) in [6, 6.07) is 1.71. The maximum absolute atomic E-state index is 11.4. The van der Waals surface area contributed by atoms with Gasteiger partial charge in [-0.25, -0.2) is 4.79 Å². The molecule has 0 aliphatic heterocycles. The molecule has 0 aromatic carbocycles. The SMILES string of the molecule is COC(=O)c1cc(CNCCOC(C)C)oc1C. The lowest BCUT2D eigenvalue weighted by Gasteiger charge is -2.07. The lowest BCUT2D eigenvalue weighted by atomic mass is 10.2. The highest BCUT2D eigenvalue weighted by molar-refractivity contribution is 5.90. The van der Waals surface area contributed by atoms with Crippen molar-refractivity contribution in [2.45, 2.75) is 33.4 Å². The normalized spacial score (nSPS) is 10.9. The quantitative estimate of drug-likeness (QED) is 0.595. The molecule has 1 aromatic heterocycles. The number of esters is 1. The van der Waals surface area contributed by atoms with Crippen LogP contribution in [0.5, 0.6) is 0 Å². The summed E-state index contributed by atoms with van der Waals surface area (Å²) >= 11 is 0. The zero-order valence-electron chi connectivity index (χ0n) is 11.4. The first-order valence-electron chi connectivity index (χ1n) is 6.04. The lowest BCUT2D eigenvalue weighted by molar-refractivity contribution is 0.0598. The van der Waals surface area contributed by atoms with Crippen LogP contribution in [0.4, 0.5) is 0 Å². The topological polar surface area (TPSA) is 60.7 Å². The van der Waals surface area contributed by atoms with E-state index in [2.05, 4.69) is 10.1 Å². The van der Waals surface area contributed by atoms with Gasteiger partial charge in [0.2, 0.25) is 0 Å². The van der Waals surface area contributed by atoms with Crippen molar-refractivity contribution in [2.24, 2.45) is 0 Å². The van der Waals surface area contributed by atoms with E-state index in [1.165, 1.54) is 7.11 Å². The molecule has 1 heterocycles. The Morgan fingerprint density at radius 2 is 2.22 bits per heavy atom. The zero-order chi connectivity index (χ0) is 13.5. The Morgan fingerprint density at radius 1 is 1.50 bits per heavy atom. The molecule has 1 N–H and O–H groups in total. The molecule has 0 spiro atoms. The fraction of sp³-hybridized carbons (Fsp3) is 0.615. The summed E-state index contributed by atoms with van der Waals surface area (Å²) in [6.07, 6.45) is 0.239. The summed E-state index contributed by atoms with van der Waals surface area (Å²) in [6.45, 7) is 7.71. The van der Waals surface area contributed by atoms with Gasteiger partial charge < -0.3 is 19.2 Å². The second kappa shape index (κ2) is 7.18. The largest absolute Gasteiger partial charge is 0.465 e. The molecule has 0 saturated heterocycles. The molecule has 5 heteroatoms. The third kappa shape index (κ3) is 4.50. The van der Waals surface area contributed by atoms with Gasteiger partial charge >= 0.3 is 5.97 Å². The summed E-state index contributed by atoms with van der Waals surface area (Å²) < 4.78 is 15.5. The first-order valence-corrected chi connectivity index (χ1v) is 6.04. The van der Waals surface area contributed by atoms with Crippen molar-refractivity contribution in [1.29, 1.82) is 0 Å². The lowest BCUT2D eigenvalue weighted by Crippen LogP contribution is -2.20. The fourth-order valence-corrected chi connectivity index (χ4v) is 1.52. The zero-order valence-corrected chi connectivity index (χ0v) is 11.4. The first-order chi connectivity index (χ1) is 8.54. The Bertz CT molecular complexity index is 384. The van der Waals surface area contributed by atoms with E-state index in [0.717, 1.165) is 12.3 Å². The van der Waals surface area contributed by atoms with E-state index in [4.69, 9.17) is 9.15 Å². The Kier molecular flexibility index (Phi) is 5.88. The van der Waals surface area contributed by atoms with E-state index in [0.29, 0.717) is 24.5 Å². The van der Waals surface area contributed by atoms with Gasteiger partial charge in [-0.1, -0.05) is 0 Å². The number of aryl methyl sites for hydroxylation is 1. The van der Waals surface area contributed by atoms with Gasteiger partial charge in [-0.05, 0) is 26.8 Å². The monoisotopic (exact) mass is 255 g/mol. The number of carbonyl (C=O) groups excluding carboxylic acids is 1. The number of methoxy groups -OCH3 is 1. The van der Waals surface area contributed by atoms with Crippen molar-refractivity contribution in [1.82, 2.24) is 5.32 Å². The van der Waals surface area contributed by atoms with Crippen LogP contribution in [-0.4, -0.2) is 32.3 Å². The summed E-state index contributed by atoms with van der Waals surface area (Å²) in [7, 11) is 1.36. The molecule has 1 rings (SSSR count). The van der Waals surface area contributed by atoms with Crippen molar-refractivity contribution in [3.8, 4) is 0 Å². The molecular formula is C13H21NO4. The van der Waals surface area contributed by atoms with Crippen molar-refractivity contribution < 1.29 is 18.7 Å². The molecular weight excluding hydrogens is 234 g/mol. The highest BCUT2D eigenvalue weighted by atomic mass is 16.5. The van der Waals surface area contributed by atoms with Crippen molar-refractivity contribution >= 4 is 5.97 Å². The second-order valence-electron chi connectivity index (χ2n) is 4.27. The second-order valence-corrected chi connectivity index (χ2v) is 4.27. The molecule has 0 bridgehead atoms. The molecule has 1 aromatic rings. The minimum atomic E-state index is -0.370. The van der Waals surface area contributed by atoms with E-state index in [9.17, 15) is 4.79 Å². The van der Waals surface area contributed by atoms with Gasteiger partial charge in [0.15, 0.2) is 0 Å². The van der Waals surface area contributed by atoms with Crippen LogP contribution in [0.25, 0.3) is 0 Å². The molecule has 0 fully saturated rings. The summed E-state index contributed by atoms with van der Waals surface area (Å²) in [5, 5.41) is 3.18. The molecule has 0 aliphatic rings. The summed E-state index contributed by atoms with van der Waals surface area (Å²) in [5.41, 5.74) is 0.479. The highest BCUT2D eigenvalue weighted by Gasteiger charge is 2.14. The fourth-order valence-electron chi connectivity index (χ4n) is 1.52. The van der Waals surface area contributed by atoms with Crippen LogP contribution in [0.3, 0.4) is 0 Å². The molecule has 0 radical (unpaired) electrons. The van der Waals surface area contributed by atoms with Gasteiger partial charge in [0.1, 0.15) is 17.1 Å². The minimum absolute atomic E-state index is 0.239. The molecule has 0 saturated carbocycles. The van der Waals surface area contributed by atoms with Crippen LogP contribution in [0.1, 0.15) is 35.7 Å². The predicted octanol–water partition coefficient (Wildman–Crippen LogP) is 1.89. The maximum atomic E-state index is 11.4. The Labute approximate surface area is 107 Å². The van der Waals surface area contributed by atoms with Crippen LogP contribution in [0.2, 0.25) is 0 Å². The van der Waals surface area contributed by atoms with E-state index in [1.54, 1.807) is 13.0 Å². The van der Waals surface area contributed by atoms with Gasteiger partial charge in [-0.3, -0.25) is 0 Å². The van der Waals surface area contributed by atoms with Crippen molar-refractivity contribution in [2.75, 3.05) is 20.3 Å². The molecule has 0 aliphatic carbocycles. The summed E-state index contributed by atoms with van der Waals surface area (Å²) in [5.74, 6) is 0.931. The average Bonchev–Trinajstić information content (AvgIpc) is 2.69. The van der Waals surface area contributed by atoms with Gasteiger partial charge in [0.25, 0.3) is 0 Å². The maximum Gasteiger partial charge on any atom is 0.341 e. The van der Waals surface area contributed by atoms with Crippen molar-refractivity contribution in [3.63, 3.8) is 0 Å². The van der Waals surface area contributed by atoms with Crippen LogP contribution < -0.4 is 5.32 Å². The van der Waals surface area contributed by atoms with Crippen LogP contribution in [0.15, 0.2) is 10.5 Å². The molecule has 0 amide bonds. The smallest absolute Gasteiger partial charge is 0.341 e. The van der Waals surface area contributed by atoms with Crippen LogP contribution in [-0.2, 0) is 16.0 Å². The predicted molar refractivity (Wildman–Crippen MR) is 67.6 cm³/mol. The number of hydrogen-bond donors (Lipinski definition) is 1. The van der Waals surface area contributed by atoms with Crippen molar-refractivity contribution in [3.05, 3.63) is 23.2 Å². The Morgan fingerprint density at radius 3 is 2.83 bits per heavy atom. The standard InChI is InChI=1S/C13H21NO4/c1-9(2)17-6-5-14-8-11-7-12(10(3)18-11)13(15)16-4/h7,9,14H,5-6,8H2,1-4H3. The van der Waals surface area contributed by atoms with E-state index in [-0.39, 0.29) is 12.1 Å². The third-order valence-electron chi connectivity index (χ3n) is 2.40. The number of hydrogen-bond acceptors (Lipinski definition) is 5. The van der Waals surface area contributed by atoms with E-state index < -0.39 is 0 Å². The number of nitrogens with one attached hydrogen (secondary N) is 1. The molecule has 5 nitrogen and oxygen atoms in total. The molecule has 18 heavy (non-hydrogen) atoms. The molecule has 102 valence electrons. The van der Waals surface area contributed by atoms with E-state index in [1.807, 2.05) is 13.8 Å². The third-order valence-corrected chi connectivity index (χ3v) is 2.40. The van der Waals surface area contributed by atoms with E-state index >= 15 is 0 Å². The number of furan rings is 1. The van der Waals surface area contributed by atoms with Crippen LogP contribution >= 0.6 is 0 Å². The minimum Gasteiger partial charge on any atom is -0.465 e. The van der Waals surface area contributed by atoms with Gasteiger partial charge in [-0.15, -0.1) is 0 Å². The first kappa shape index (κ1) is 14.7. The average molecular weight is 255 g/mol. The van der Waals surface area contributed by atoms with Gasteiger partial charge in [0, 0.05) is 6.54 Å². The summed E-state index contributed by atoms with van der Waals surface area (Å²) in [4.78, 5) is 11.4. The number of ether oxygens (including phenoxy) is 2. The van der Waals surface area contributed by atoms with Crippen LogP contribution in [0, 0.1) is 6.92 Å². The number of carbonyl (C=O) groups is 1. The Hall–Kier alpha value is -1.33. The number of rotatable bonds is 7. The highest BCUT2D eigenvalue weighted by Crippen LogP contribution is 2.15. The molecule has 0 atom stereocenters. The van der Waals surface area contributed by atoms with Gasteiger partial charge in [-0.2, -0.15) is 0 Å². The van der Waals surface area contributed by atoms with Gasteiger partial charge in [0.05, 0.1) is 26.4 Å². The Balaban J connectivity index is 2.37.